The molecule has 1 aromatic rings. The van der Waals surface area contributed by atoms with Crippen molar-refractivity contribution in [2.75, 3.05) is 20.2 Å². The molecule has 1 fully saturated rings. The van der Waals surface area contributed by atoms with Gasteiger partial charge in [0, 0.05) is 45.6 Å². The Morgan fingerprint density at radius 3 is 3.10 bits per heavy atom. The number of amides is 2. The number of hydrogen-bond donors (Lipinski definition) is 2. The molecule has 0 aromatic carbocycles. The second-order valence-electron chi connectivity index (χ2n) is 6.20. The average molecular weight is 292 g/mol. The smallest absolute Gasteiger partial charge is 0.314 e. The van der Waals surface area contributed by atoms with Crippen molar-refractivity contribution in [3.8, 4) is 0 Å². The Kier molecular flexibility index (Phi) is 4.14. The van der Waals surface area contributed by atoms with Gasteiger partial charge in [-0.3, -0.25) is 0 Å². The van der Waals surface area contributed by atoms with Gasteiger partial charge in [0.1, 0.15) is 5.82 Å². The molecule has 6 nitrogen and oxygen atoms in total. The van der Waals surface area contributed by atoms with Gasteiger partial charge in [-0.1, -0.05) is 0 Å². The molecular weight excluding hydrogens is 268 g/mol. The maximum Gasteiger partial charge on any atom is 0.314 e. The lowest BCUT2D eigenvalue weighted by atomic mass is 9.80. The molecule has 2 N–H and O–H groups in total. The molecule has 1 aromatic heterocycles. The largest absolute Gasteiger partial charge is 0.376 e. The SMILES string of the molecule is COC1(CNC(=O)NC[C@@H]2CCc3nccn3C2)CCC1. The number of carbonyl (C=O) groups is 1. The van der Waals surface area contributed by atoms with E-state index in [-0.39, 0.29) is 11.6 Å². The molecule has 116 valence electrons. The van der Waals surface area contributed by atoms with Gasteiger partial charge >= 0.3 is 6.03 Å². The number of rotatable bonds is 5. The first-order valence-electron chi connectivity index (χ1n) is 7.78. The number of nitrogens with one attached hydrogen (secondary N) is 2. The van der Waals surface area contributed by atoms with E-state index in [2.05, 4.69) is 20.2 Å². The second-order valence-corrected chi connectivity index (χ2v) is 6.20. The van der Waals surface area contributed by atoms with Crippen molar-refractivity contribution < 1.29 is 9.53 Å². The van der Waals surface area contributed by atoms with Gasteiger partial charge in [-0.15, -0.1) is 0 Å². The first-order valence-corrected chi connectivity index (χ1v) is 7.78. The quantitative estimate of drug-likeness (QED) is 0.860. The molecule has 1 saturated carbocycles. The van der Waals surface area contributed by atoms with Crippen LogP contribution < -0.4 is 10.6 Å². The minimum Gasteiger partial charge on any atom is -0.376 e. The van der Waals surface area contributed by atoms with Crippen LogP contribution in [0.3, 0.4) is 0 Å². The summed E-state index contributed by atoms with van der Waals surface area (Å²) in [6.07, 6.45) is 9.20. The van der Waals surface area contributed by atoms with Gasteiger partial charge in [0.25, 0.3) is 0 Å². The number of methoxy groups -OCH3 is 1. The first-order chi connectivity index (χ1) is 10.2. The molecule has 0 saturated heterocycles. The molecule has 0 unspecified atom stereocenters. The van der Waals surface area contributed by atoms with Crippen LogP contribution >= 0.6 is 0 Å². The van der Waals surface area contributed by atoms with Gasteiger partial charge in [0.2, 0.25) is 0 Å². The van der Waals surface area contributed by atoms with Crippen molar-refractivity contribution in [3.63, 3.8) is 0 Å². The highest BCUT2D eigenvalue weighted by Crippen LogP contribution is 2.34. The molecule has 2 amide bonds. The predicted molar refractivity (Wildman–Crippen MR) is 79.0 cm³/mol. The summed E-state index contributed by atoms with van der Waals surface area (Å²) in [5.74, 6) is 1.64. The van der Waals surface area contributed by atoms with E-state index in [9.17, 15) is 4.79 Å². The molecule has 3 rings (SSSR count). The number of aromatic nitrogens is 2. The predicted octanol–water partition coefficient (Wildman–Crippen LogP) is 1.31. The van der Waals surface area contributed by atoms with Gasteiger partial charge in [0.05, 0.1) is 5.60 Å². The standard InChI is InChI=1S/C15H24N4O2/c1-21-15(5-2-6-15)11-18-14(20)17-9-12-3-4-13-16-7-8-19(13)10-12/h7-8,12H,2-6,9-11H2,1H3,(H2,17,18,20)/t12-/m0/s1. The summed E-state index contributed by atoms with van der Waals surface area (Å²) in [6.45, 7) is 2.26. The number of carbonyl (C=O) groups excluding carboxylic acids is 1. The summed E-state index contributed by atoms with van der Waals surface area (Å²) in [6, 6.07) is -0.0882. The molecule has 1 atom stereocenters. The van der Waals surface area contributed by atoms with Crippen molar-refractivity contribution in [1.82, 2.24) is 20.2 Å². The van der Waals surface area contributed by atoms with Crippen LogP contribution in [0, 0.1) is 5.92 Å². The Morgan fingerprint density at radius 1 is 1.52 bits per heavy atom. The molecular formula is C15H24N4O2. The minimum absolute atomic E-state index is 0.0882. The normalized spacial score (nSPS) is 23.0. The van der Waals surface area contributed by atoms with Crippen molar-refractivity contribution >= 4 is 6.03 Å². The summed E-state index contributed by atoms with van der Waals surface area (Å²) in [7, 11) is 1.73. The lowest BCUT2D eigenvalue weighted by Gasteiger charge is -2.40. The van der Waals surface area contributed by atoms with E-state index >= 15 is 0 Å². The van der Waals surface area contributed by atoms with Crippen molar-refractivity contribution in [3.05, 3.63) is 18.2 Å². The fourth-order valence-electron chi connectivity index (χ4n) is 3.17. The van der Waals surface area contributed by atoms with Gasteiger partial charge in [-0.2, -0.15) is 0 Å². The minimum atomic E-state index is -0.117. The number of ether oxygens (including phenoxy) is 1. The molecule has 2 aliphatic rings. The molecule has 0 radical (unpaired) electrons. The van der Waals surface area contributed by atoms with Gasteiger partial charge in [0.15, 0.2) is 0 Å². The Morgan fingerprint density at radius 2 is 2.38 bits per heavy atom. The average Bonchev–Trinajstić information content (AvgIpc) is 2.92. The van der Waals surface area contributed by atoms with Gasteiger partial charge < -0.3 is 19.9 Å². The number of nitrogens with zero attached hydrogens (tertiary/aromatic N) is 2. The van der Waals surface area contributed by atoms with Crippen LogP contribution in [0.4, 0.5) is 4.79 Å². The van der Waals surface area contributed by atoms with E-state index in [1.165, 1.54) is 6.42 Å². The first kappa shape index (κ1) is 14.4. The lowest BCUT2D eigenvalue weighted by Crippen LogP contribution is -2.51. The van der Waals surface area contributed by atoms with E-state index in [0.717, 1.165) is 38.1 Å². The van der Waals surface area contributed by atoms with Crippen LogP contribution in [0.2, 0.25) is 0 Å². The molecule has 1 aliphatic heterocycles. The fraction of sp³-hybridized carbons (Fsp3) is 0.733. The lowest BCUT2D eigenvalue weighted by molar-refractivity contribution is -0.0674. The Balaban J connectivity index is 1.38. The van der Waals surface area contributed by atoms with Crippen LogP contribution in [-0.4, -0.2) is 41.4 Å². The molecule has 0 spiro atoms. The Bertz CT molecular complexity index is 490. The molecule has 1 aliphatic carbocycles. The van der Waals surface area contributed by atoms with Crippen LogP contribution in [-0.2, 0) is 17.7 Å². The zero-order valence-electron chi connectivity index (χ0n) is 12.6. The summed E-state index contributed by atoms with van der Waals surface area (Å²) < 4.78 is 7.68. The Hall–Kier alpha value is -1.56. The maximum absolute atomic E-state index is 11.9. The molecule has 21 heavy (non-hydrogen) atoms. The van der Waals surface area contributed by atoms with Crippen LogP contribution in [0.5, 0.6) is 0 Å². The monoisotopic (exact) mass is 292 g/mol. The van der Waals surface area contributed by atoms with Crippen molar-refractivity contribution in [1.29, 1.82) is 0 Å². The van der Waals surface area contributed by atoms with E-state index in [0.29, 0.717) is 19.0 Å². The zero-order chi connectivity index (χ0) is 14.7. The third-order valence-corrected chi connectivity index (χ3v) is 4.85. The second kappa shape index (κ2) is 6.05. The molecule has 0 bridgehead atoms. The van der Waals surface area contributed by atoms with Crippen LogP contribution in [0.25, 0.3) is 0 Å². The van der Waals surface area contributed by atoms with Crippen molar-refractivity contribution in [2.24, 2.45) is 5.92 Å². The number of fused-ring (bicyclic) bond motifs is 1. The summed E-state index contributed by atoms with van der Waals surface area (Å²) in [5.41, 5.74) is -0.117. The van der Waals surface area contributed by atoms with Gasteiger partial charge in [-0.25, -0.2) is 9.78 Å². The van der Waals surface area contributed by atoms with Crippen molar-refractivity contribution in [2.45, 2.75) is 44.2 Å². The highest BCUT2D eigenvalue weighted by molar-refractivity contribution is 5.73. The van der Waals surface area contributed by atoms with Crippen LogP contribution in [0.1, 0.15) is 31.5 Å². The van der Waals surface area contributed by atoms with Gasteiger partial charge in [-0.05, 0) is 31.6 Å². The number of urea groups is 1. The van der Waals surface area contributed by atoms with E-state index in [4.69, 9.17) is 4.74 Å². The Labute approximate surface area is 125 Å². The number of hydrogen-bond acceptors (Lipinski definition) is 3. The summed E-state index contributed by atoms with van der Waals surface area (Å²) in [4.78, 5) is 16.2. The maximum atomic E-state index is 11.9. The number of aryl methyl sites for hydroxylation is 1. The topological polar surface area (TPSA) is 68.2 Å². The molecule has 2 heterocycles. The highest BCUT2D eigenvalue weighted by Gasteiger charge is 2.37. The van der Waals surface area contributed by atoms with E-state index < -0.39 is 0 Å². The fourth-order valence-corrected chi connectivity index (χ4v) is 3.17. The zero-order valence-corrected chi connectivity index (χ0v) is 12.6. The summed E-state index contributed by atoms with van der Waals surface area (Å²) in [5, 5.41) is 5.92. The van der Waals surface area contributed by atoms with E-state index in [1.54, 1.807) is 7.11 Å². The third kappa shape index (κ3) is 3.20. The van der Waals surface area contributed by atoms with E-state index in [1.807, 2.05) is 12.4 Å². The third-order valence-electron chi connectivity index (χ3n) is 4.85. The van der Waals surface area contributed by atoms with Crippen LogP contribution in [0.15, 0.2) is 12.4 Å². The molecule has 6 heteroatoms. The number of imidazole rings is 1. The highest BCUT2D eigenvalue weighted by atomic mass is 16.5. The summed E-state index contributed by atoms with van der Waals surface area (Å²) >= 11 is 0.